The van der Waals surface area contributed by atoms with Gasteiger partial charge >= 0.3 is 5.97 Å². The number of hydrogen-bond acceptors (Lipinski definition) is 6. The van der Waals surface area contributed by atoms with Crippen LogP contribution in [0.1, 0.15) is 36.9 Å². The Labute approximate surface area is 224 Å². The molecule has 0 spiro atoms. The molecule has 0 radical (unpaired) electrons. The number of benzene rings is 1. The minimum absolute atomic E-state index is 0.153. The minimum atomic E-state index is -1.06. The number of fused-ring (bicyclic) bond motifs is 1. The summed E-state index contributed by atoms with van der Waals surface area (Å²) in [5.41, 5.74) is 2.36. The number of nitrogens with zero attached hydrogens (tertiary/aromatic N) is 2. The lowest BCUT2D eigenvalue weighted by Gasteiger charge is -2.29. The summed E-state index contributed by atoms with van der Waals surface area (Å²) in [6, 6.07) is 4.33. The van der Waals surface area contributed by atoms with Crippen molar-refractivity contribution >= 4 is 34.6 Å². The average molecular weight is 536 g/mol. The van der Waals surface area contributed by atoms with Crippen molar-refractivity contribution < 1.29 is 24.3 Å². The molecule has 6 N–H and O–H groups in total. The van der Waals surface area contributed by atoms with Gasteiger partial charge in [-0.05, 0) is 43.9 Å². The zero-order valence-corrected chi connectivity index (χ0v) is 21.5. The van der Waals surface area contributed by atoms with E-state index in [-0.39, 0.29) is 24.8 Å². The Kier molecular flexibility index (Phi) is 7.92. The number of aliphatic carboxylic acids is 1. The number of nitrogens with one attached hydrogen (secondary N) is 5. The molecule has 0 aliphatic carbocycles. The number of carbonyl (C=O) groups is 4. The van der Waals surface area contributed by atoms with Crippen molar-refractivity contribution in [1.82, 2.24) is 35.8 Å². The molecule has 2 saturated heterocycles. The molecule has 12 heteroatoms. The van der Waals surface area contributed by atoms with Crippen molar-refractivity contribution in [3.05, 3.63) is 54.2 Å². The molecule has 4 unspecified atom stereocenters. The molecule has 206 valence electrons. The van der Waals surface area contributed by atoms with Crippen LogP contribution < -0.4 is 16.0 Å². The predicted molar refractivity (Wildman–Crippen MR) is 142 cm³/mol. The molecule has 2 aromatic heterocycles. The van der Waals surface area contributed by atoms with Crippen LogP contribution in [0.15, 0.2) is 43.0 Å². The molecule has 2 aliphatic heterocycles. The van der Waals surface area contributed by atoms with Crippen LogP contribution >= 0.6 is 0 Å². The zero-order valence-electron chi connectivity index (χ0n) is 21.5. The second kappa shape index (κ2) is 11.7. The van der Waals surface area contributed by atoms with Gasteiger partial charge in [0, 0.05) is 48.4 Å². The normalized spacial score (nSPS) is 20.6. The summed E-state index contributed by atoms with van der Waals surface area (Å²) in [6.45, 7) is 1.04. The molecular formula is C27H33N7O5. The van der Waals surface area contributed by atoms with Crippen molar-refractivity contribution in [1.29, 1.82) is 0 Å². The minimum Gasteiger partial charge on any atom is -0.480 e. The summed E-state index contributed by atoms with van der Waals surface area (Å²) in [6.07, 6.45) is 7.67. The highest BCUT2D eigenvalue weighted by Crippen LogP contribution is 2.23. The standard InChI is InChI=1S/C27H33N7O5/c35-24(20-7-3-9-29-20)32-21(12-17-14-28-15-31-17)25(36)33-22(26(37)34-10-4-8-23(34)27(38)39)11-16-13-30-19-6-2-1-5-18(16)19/h1-2,5-6,13-15,20-23,29-30H,3-4,7-12H2,(H,28,31)(H,32,35)(H,33,36)(H,38,39). The average Bonchev–Trinajstić information content (AvgIpc) is 3.74. The van der Waals surface area contributed by atoms with Gasteiger partial charge in [-0.2, -0.15) is 0 Å². The van der Waals surface area contributed by atoms with E-state index in [9.17, 15) is 24.3 Å². The van der Waals surface area contributed by atoms with Crippen LogP contribution in [-0.2, 0) is 32.0 Å². The van der Waals surface area contributed by atoms with Gasteiger partial charge in [-0.25, -0.2) is 9.78 Å². The summed E-state index contributed by atoms with van der Waals surface area (Å²) < 4.78 is 0. The van der Waals surface area contributed by atoms with Crippen LogP contribution in [-0.4, -0.2) is 85.9 Å². The smallest absolute Gasteiger partial charge is 0.326 e. The fourth-order valence-corrected chi connectivity index (χ4v) is 5.49. The van der Waals surface area contributed by atoms with E-state index in [4.69, 9.17) is 0 Å². The molecule has 0 bridgehead atoms. The third-order valence-corrected chi connectivity index (χ3v) is 7.52. The van der Waals surface area contributed by atoms with E-state index in [2.05, 4.69) is 30.9 Å². The van der Waals surface area contributed by atoms with E-state index in [1.165, 1.54) is 11.2 Å². The zero-order chi connectivity index (χ0) is 27.4. The lowest BCUT2D eigenvalue weighted by molar-refractivity contribution is -0.149. The number of aromatic nitrogens is 3. The topological polar surface area (TPSA) is 172 Å². The Morgan fingerprint density at radius 3 is 2.64 bits per heavy atom. The first kappa shape index (κ1) is 26.4. The Morgan fingerprint density at radius 1 is 1.05 bits per heavy atom. The third kappa shape index (κ3) is 5.95. The summed E-state index contributed by atoms with van der Waals surface area (Å²) in [7, 11) is 0. The van der Waals surface area contributed by atoms with Gasteiger partial charge in [0.25, 0.3) is 0 Å². The molecule has 4 atom stereocenters. The van der Waals surface area contributed by atoms with Crippen LogP contribution in [0.5, 0.6) is 0 Å². The van der Waals surface area contributed by atoms with Crippen molar-refractivity contribution in [3.8, 4) is 0 Å². The van der Waals surface area contributed by atoms with E-state index in [1.807, 2.05) is 24.3 Å². The van der Waals surface area contributed by atoms with E-state index in [0.717, 1.165) is 29.4 Å². The van der Waals surface area contributed by atoms with Gasteiger partial charge in [-0.1, -0.05) is 18.2 Å². The van der Waals surface area contributed by atoms with Gasteiger partial charge < -0.3 is 35.9 Å². The van der Waals surface area contributed by atoms with E-state index in [0.29, 0.717) is 31.5 Å². The number of imidazole rings is 1. The molecule has 39 heavy (non-hydrogen) atoms. The van der Waals surface area contributed by atoms with Gasteiger partial charge in [-0.15, -0.1) is 0 Å². The molecule has 0 saturated carbocycles. The quantitative estimate of drug-likeness (QED) is 0.219. The van der Waals surface area contributed by atoms with Crippen molar-refractivity contribution in [3.63, 3.8) is 0 Å². The van der Waals surface area contributed by atoms with Gasteiger partial charge in [0.15, 0.2) is 0 Å². The van der Waals surface area contributed by atoms with E-state index in [1.54, 1.807) is 12.4 Å². The maximum absolute atomic E-state index is 13.8. The number of aromatic amines is 2. The molecule has 5 rings (SSSR count). The fraction of sp³-hybridized carbons (Fsp3) is 0.444. The number of rotatable bonds is 10. The molecule has 12 nitrogen and oxygen atoms in total. The number of H-pyrrole nitrogens is 2. The summed E-state index contributed by atoms with van der Waals surface area (Å²) in [5.74, 6) is -2.33. The maximum atomic E-state index is 13.8. The Balaban J connectivity index is 1.40. The molecule has 4 heterocycles. The summed E-state index contributed by atoms with van der Waals surface area (Å²) >= 11 is 0. The van der Waals surface area contributed by atoms with Gasteiger partial charge in [0.2, 0.25) is 17.7 Å². The Hall–Kier alpha value is -4.19. The van der Waals surface area contributed by atoms with Crippen LogP contribution in [0, 0.1) is 0 Å². The number of para-hydroxylation sites is 1. The Morgan fingerprint density at radius 2 is 1.90 bits per heavy atom. The molecule has 3 aromatic rings. The van der Waals surface area contributed by atoms with E-state index >= 15 is 0 Å². The van der Waals surface area contributed by atoms with Gasteiger partial charge in [-0.3, -0.25) is 14.4 Å². The lowest BCUT2D eigenvalue weighted by Crippen LogP contribution is -2.58. The molecule has 2 fully saturated rings. The summed E-state index contributed by atoms with van der Waals surface area (Å²) in [5, 5.41) is 19.4. The lowest BCUT2D eigenvalue weighted by atomic mass is 10.0. The number of likely N-dealkylation sites (tertiary alicyclic amines) is 1. The second-order valence-electron chi connectivity index (χ2n) is 10.1. The van der Waals surface area contributed by atoms with Crippen molar-refractivity contribution in [2.75, 3.05) is 13.1 Å². The van der Waals surface area contributed by atoms with Crippen molar-refractivity contribution in [2.45, 2.75) is 62.7 Å². The second-order valence-corrected chi connectivity index (χ2v) is 10.1. The first-order valence-corrected chi connectivity index (χ1v) is 13.3. The highest BCUT2D eigenvalue weighted by molar-refractivity contribution is 5.95. The molecule has 3 amide bonds. The van der Waals surface area contributed by atoms with Crippen LogP contribution in [0.25, 0.3) is 10.9 Å². The van der Waals surface area contributed by atoms with Gasteiger partial charge in [0.1, 0.15) is 18.1 Å². The van der Waals surface area contributed by atoms with E-state index < -0.39 is 35.9 Å². The predicted octanol–water partition coefficient (Wildman–Crippen LogP) is 0.473. The number of carboxylic acid groups (broad SMARTS) is 1. The SMILES string of the molecule is O=C(NC(Cc1cnc[nH]1)C(=O)NC(Cc1c[nH]c2ccccc12)C(=O)N1CCCC1C(=O)O)C1CCCN1. The first-order chi connectivity index (χ1) is 18.9. The van der Waals surface area contributed by atoms with Crippen LogP contribution in [0.3, 0.4) is 0 Å². The Bertz CT molecular complexity index is 1330. The maximum Gasteiger partial charge on any atom is 0.326 e. The third-order valence-electron chi connectivity index (χ3n) is 7.52. The summed E-state index contributed by atoms with van der Waals surface area (Å²) in [4.78, 5) is 63.7. The van der Waals surface area contributed by atoms with Crippen molar-refractivity contribution in [2.24, 2.45) is 0 Å². The highest BCUT2D eigenvalue weighted by Gasteiger charge is 2.39. The number of carbonyl (C=O) groups excluding carboxylic acids is 3. The highest BCUT2D eigenvalue weighted by atomic mass is 16.4. The molecule has 1 aromatic carbocycles. The largest absolute Gasteiger partial charge is 0.480 e. The van der Waals surface area contributed by atoms with Crippen LogP contribution in [0.2, 0.25) is 0 Å². The van der Waals surface area contributed by atoms with Crippen LogP contribution in [0.4, 0.5) is 0 Å². The first-order valence-electron chi connectivity index (χ1n) is 13.3. The molecular weight excluding hydrogens is 502 g/mol. The monoisotopic (exact) mass is 535 g/mol. The fourth-order valence-electron chi connectivity index (χ4n) is 5.49. The number of amides is 3. The number of carboxylic acids is 1. The van der Waals surface area contributed by atoms with Gasteiger partial charge in [0.05, 0.1) is 12.4 Å². The molecule has 2 aliphatic rings. The number of hydrogen-bond donors (Lipinski definition) is 6.